The lowest BCUT2D eigenvalue weighted by Crippen LogP contribution is -2.33. The van der Waals surface area contributed by atoms with E-state index in [2.05, 4.69) is 59.9 Å². The molecule has 47 heavy (non-hydrogen) atoms. The van der Waals surface area contributed by atoms with Gasteiger partial charge in [0.1, 0.15) is 11.5 Å². The molecule has 2 heterocycles. The minimum absolute atomic E-state index is 0.341. The lowest BCUT2D eigenvalue weighted by molar-refractivity contribution is 0.0224. The molecule has 0 amide bonds. The molecule has 1 unspecified atom stereocenters. The Bertz CT molecular complexity index is 2130. The summed E-state index contributed by atoms with van der Waals surface area (Å²) < 4.78 is 12.9. The Morgan fingerprint density at radius 2 is 1.34 bits per heavy atom. The summed E-state index contributed by atoms with van der Waals surface area (Å²) >= 11 is 0. The molecule has 0 saturated heterocycles. The number of hydrogen-bond donors (Lipinski definition) is 2. The van der Waals surface area contributed by atoms with Crippen molar-refractivity contribution in [2.24, 2.45) is 0 Å². The van der Waals surface area contributed by atoms with Gasteiger partial charge < -0.3 is 14.8 Å². The zero-order valence-corrected chi connectivity index (χ0v) is 26.2. The molecule has 0 aliphatic carbocycles. The highest BCUT2D eigenvalue weighted by Gasteiger charge is 2.53. The van der Waals surface area contributed by atoms with Crippen molar-refractivity contribution in [3.63, 3.8) is 0 Å². The first-order valence-electron chi connectivity index (χ1n) is 15.9. The van der Waals surface area contributed by atoms with E-state index in [1.54, 1.807) is 0 Å². The molecule has 1 atom stereocenters. The predicted molar refractivity (Wildman–Crippen MR) is 187 cm³/mol. The molecule has 2 N–H and O–H groups in total. The Kier molecular flexibility index (Phi) is 6.91. The van der Waals surface area contributed by atoms with Crippen LogP contribution in [0.25, 0.3) is 0 Å². The lowest BCUT2D eigenvalue weighted by atomic mass is 9.77. The van der Waals surface area contributed by atoms with Gasteiger partial charge in [0.2, 0.25) is 0 Å². The Balaban J connectivity index is 1.27. The lowest BCUT2D eigenvalue weighted by Gasteiger charge is -2.37. The van der Waals surface area contributed by atoms with Crippen LogP contribution in [0.15, 0.2) is 140 Å². The van der Waals surface area contributed by atoms with E-state index in [0.29, 0.717) is 17.1 Å². The summed E-state index contributed by atoms with van der Waals surface area (Å²) in [6, 6.07) is 46.2. The van der Waals surface area contributed by atoms with Gasteiger partial charge in [-0.2, -0.15) is 0 Å². The van der Waals surface area contributed by atoms with Crippen molar-refractivity contribution in [3.8, 4) is 11.5 Å². The number of benzene rings is 6. The molecule has 6 heteroatoms. The topological polar surface area (TPSA) is 62.8 Å². The van der Waals surface area contributed by atoms with Crippen LogP contribution >= 0.6 is 0 Å². The molecule has 0 fully saturated rings. The van der Waals surface area contributed by atoms with Gasteiger partial charge in [0.25, 0.3) is 0 Å². The molecule has 0 aromatic heterocycles. The number of hydrazine groups is 1. The summed E-state index contributed by atoms with van der Waals surface area (Å²) in [4.78, 5) is 13.3. The number of carbonyl (C=O) groups is 1. The number of fused-ring (bicyclic) bond motifs is 6. The fourth-order valence-electron chi connectivity index (χ4n) is 6.89. The molecule has 8 rings (SSSR count). The first-order valence-corrected chi connectivity index (χ1v) is 15.9. The van der Waals surface area contributed by atoms with Crippen LogP contribution < -0.4 is 20.5 Å². The summed E-state index contributed by atoms with van der Waals surface area (Å²) in [6.45, 7) is 4.35. The zero-order chi connectivity index (χ0) is 32.0. The molecular weight excluding hydrogens is 582 g/mol. The molecule has 0 saturated carbocycles. The molecule has 0 radical (unpaired) electrons. The monoisotopic (exact) mass is 615 g/mol. The highest BCUT2D eigenvalue weighted by atomic mass is 16.6. The predicted octanol–water partition coefficient (Wildman–Crippen LogP) is 10.0. The van der Waals surface area contributed by atoms with Crippen molar-refractivity contribution >= 4 is 34.4 Å². The van der Waals surface area contributed by atoms with Crippen molar-refractivity contribution in [2.45, 2.75) is 25.9 Å². The maximum absolute atomic E-state index is 13.3. The molecule has 6 aromatic rings. The van der Waals surface area contributed by atoms with Crippen LogP contribution in [0.5, 0.6) is 11.5 Å². The fraction of sp³-hybridized carbons (Fsp3) is 0.0976. The van der Waals surface area contributed by atoms with Gasteiger partial charge in [0.15, 0.2) is 5.60 Å². The minimum Gasteiger partial charge on any atom is -0.456 e. The van der Waals surface area contributed by atoms with Crippen LogP contribution in [-0.2, 0) is 16.8 Å². The number of para-hydroxylation sites is 3. The average molecular weight is 616 g/mol. The number of nitrogens with zero attached hydrogens (tertiary/aromatic N) is 1. The molecule has 230 valence electrons. The number of esters is 1. The fourth-order valence-corrected chi connectivity index (χ4v) is 6.89. The Morgan fingerprint density at radius 1 is 0.681 bits per heavy atom. The van der Waals surface area contributed by atoms with Gasteiger partial charge in [-0.15, -0.1) is 0 Å². The van der Waals surface area contributed by atoms with Crippen LogP contribution in [0.1, 0.15) is 45.1 Å². The normalized spacial score (nSPS) is 15.6. The smallest absolute Gasteiger partial charge is 0.340 e. The van der Waals surface area contributed by atoms with E-state index < -0.39 is 5.60 Å². The molecule has 6 nitrogen and oxygen atoms in total. The third-order valence-electron chi connectivity index (χ3n) is 9.09. The quantitative estimate of drug-likeness (QED) is 0.138. The maximum atomic E-state index is 13.3. The van der Waals surface area contributed by atoms with Gasteiger partial charge in [0, 0.05) is 34.1 Å². The second-order valence-corrected chi connectivity index (χ2v) is 11.8. The average Bonchev–Trinajstić information content (AvgIpc) is 3.41. The van der Waals surface area contributed by atoms with Gasteiger partial charge in [-0.3, -0.25) is 10.4 Å². The number of rotatable bonds is 7. The Morgan fingerprint density at radius 3 is 2.11 bits per heavy atom. The minimum atomic E-state index is -1.11. The van der Waals surface area contributed by atoms with E-state index >= 15 is 0 Å². The highest BCUT2D eigenvalue weighted by Crippen LogP contribution is 2.56. The maximum Gasteiger partial charge on any atom is 0.340 e. The number of anilines is 5. The van der Waals surface area contributed by atoms with Crippen LogP contribution in [0.2, 0.25) is 0 Å². The van der Waals surface area contributed by atoms with Crippen molar-refractivity contribution in [1.82, 2.24) is 0 Å². The number of ether oxygens (including phenoxy) is 2. The largest absolute Gasteiger partial charge is 0.456 e. The second-order valence-electron chi connectivity index (χ2n) is 11.8. The third kappa shape index (κ3) is 4.69. The molecule has 2 aliphatic heterocycles. The van der Waals surface area contributed by atoms with E-state index in [1.807, 2.05) is 109 Å². The van der Waals surface area contributed by atoms with Gasteiger partial charge in [0.05, 0.1) is 22.6 Å². The molecular formula is C41H33N3O3. The summed E-state index contributed by atoms with van der Waals surface area (Å²) in [5.74, 6) is 0.943. The van der Waals surface area contributed by atoms with E-state index in [-0.39, 0.29) is 5.97 Å². The van der Waals surface area contributed by atoms with E-state index in [1.165, 1.54) is 5.56 Å². The summed E-state index contributed by atoms with van der Waals surface area (Å²) in [5, 5.41) is 5.71. The van der Waals surface area contributed by atoms with Crippen molar-refractivity contribution < 1.29 is 14.3 Å². The van der Waals surface area contributed by atoms with E-state index in [4.69, 9.17) is 9.47 Å². The molecule has 2 aliphatic rings. The highest BCUT2D eigenvalue weighted by molar-refractivity contribution is 5.97. The zero-order valence-electron chi connectivity index (χ0n) is 26.2. The number of nitrogens with one attached hydrogen (secondary N) is 2. The Hall–Kier alpha value is -6.01. The van der Waals surface area contributed by atoms with Gasteiger partial charge in [-0.1, -0.05) is 79.7 Å². The summed E-state index contributed by atoms with van der Waals surface area (Å²) in [6.07, 6.45) is 0.853. The van der Waals surface area contributed by atoms with E-state index in [0.717, 1.165) is 57.1 Å². The first-order chi connectivity index (χ1) is 23.1. The molecule has 0 bridgehead atoms. The van der Waals surface area contributed by atoms with Crippen molar-refractivity contribution in [2.75, 3.05) is 15.8 Å². The molecule has 6 aromatic carbocycles. The number of carbonyl (C=O) groups excluding carboxylic acids is 1. The van der Waals surface area contributed by atoms with Gasteiger partial charge in [-0.05, 0) is 85.1 Å². The number of hydrogen-bond acceptors (Lipinski definition) is 6. The second kappa shape index (κ2) is 11.4. The van der Waals surface area contributed by atoms with Crippen molar-refractivity contribution in [3.05, 3.63) is 173 Å². The van der Waals surface area contributed by atoms with Crippen molar-refractivity contribution in [1.29, 1.82) is 0 Å². The third-order valence-corrected chi connectivity index (χ3v) is 9.09. The van der Waals surface area contributed by atoms with Gasteiger partial charge >= 0.3 is 5.97 Å². The molecule has 1 spiro atoms. The standard InChI is InChI=1S/C41H33N3O3/c1-3-31-27(2)37(25-24-36(31)42-28-14-6-4-7-15-28)44(43-29-16-8-5-9-17-29)30-22-23-35-39(26-30)46-38-21-13-12-20-34(38)41(35)33-19-11-10-18-32(33)40(45)47-41/h4-26,42-43H,3H2,1-2H3. The Labute approximate surface area is 274 Å². The van der Waals surface area contributed by atoms with E-state index in [9.17, 15) is 4.79 Å². The van der Waals surface area contributed by atoms with Crippen LogP contribution in [0, 0.1) is 6.92 Å². The summed E-state index contributed by atoms with van der Waals surface area (Å²) in [5.41, 5.74) is 12.8. The SMILES string of the molecule is CCc1c(Nc2ccccc2)ccc(N(Nc2ccccc2)c2ccc3c(c2)Oc2ccccc2C32OC(=O)c3ccccc32)c1C. The van der Waals surface area contributed by atoms with Crippen LogP contribution in [0.3, 0.4) is 0 Å². The first kappa shape index (κ1) is 28.5. The van der Waals surface area contributed by atoms with Crippen LogP contribution in [-0.4, -0.2) is 5.97 Å². The van der Waals surface area contributed by atoms with Crippen LogP contribution in [0.4, 0.5) is 28.4 Å². The van der Waals surface area contributed by atoms with Gasteiger partial charge in [-0.25, -0.2) is 4.79 Å². The summed E-state index contributed by atoms with van der Waals surface area (Å²) in [7, 11) is 0.